The monoisotopic (exact) mass is 316 g/mol. The van der Waals surface area contributed by atoms with Crippen molar-refractivity contribution < 1.29 is 4.92 Å². The van der Waals surface area contributed by atoms with Crippen molar-refractivity contribution in [1.29, 1.82) is 0 Å². The number of thiazole rings is 1. The minimum absolute atomic E-state index is 0.108. The lowest BCUT2D eigenvalue weighted by Gasteiger charge is -1.99. The second-order valence-electron chi connectivity index (χ2n) is 4.33. The van der Waals surface area contributed by atoms with Crippen molar-refractivity contribution in [2.75, 3.05) is 0 Å². The average Bonchev–Trinajstić information content (AvgIpc) is 2.98. The van der Waals surface area contributed by atoms with Gasteiger partial charge < -0.3 is 0 Å². The summed E-state index contributed by atoms with van der Waals surface area (Å²) in [5, 5.41) is 13.8. The smallest absolute Gasteiger partial charge is 0.258 e. The molecule has 3 rings (SSSR count). The van der Waals surface area contributed by atoms with Crippen molar-refractivity contribution in [2.24, 2.45) is 0 Å². The van der Waals surface area contributed by atoms with E-state index < -0.39 is 4.92 Å². The molecule has 1 aromatic heterocycles. The number of nitro groups is 1. The molecule has 6 heteroatoms. The molecule has 4 nitrogen and oxygen atoms in total. The lowest BCUT2D eigenvalue weighted by molar-refractivity contribution is -0.384. The first-order valence-electron chi connectivity index (χ1n) is 6.10. The Labute approximate surface area is 129 Å². The quantitative estimate of drug-likeness (QED) is 0.502. The van der Waals surface area contributed by atoms with Gasteiger partial charge in [0, 0.05) is 22.6 Å². The van der Waals surface area contributed by atoms with Gasteiger partial charge in [-0.2, -0.15) is 0 Å². The van der Waals surface area contributed by atoms with Crippen LogP contribution in [0.3, 0.4) is 0 Å². The highest BCUT2D eigenvalue weighted by Gasteiger charge is 2.15. The maximum atomic E-state index is 10.9. The number of benzene rings is 2. The molecule has 0 saturated heterocycles. The summed E-state index contributed by atoms with van der Waals surface area (Å²) in [7, 11) is 0. The lowest BCUT2D eigenvalue weighted by atomic mass is 10.1. The molecule has 2 aromatic carbocycles. The Balaban J connectivity index is 2.01. The van der Waals surface area contributed by atoms with Crippen LogP contribution in [0, 0.1) is 10.1 Å². The van der Waals surface area contributed by atoms with Crippen LogP contribution in [0.1, 0.15) is 0 Å². The van der Waals surface area contributed by atoms with E-state index in [4.69, 9.17) is 11.6 Å². The summed E-state index contributed by atoms with van der Waals surface area (Å²) in [6.45, 7) is 0. The van der Waals surface area contributed by atoms with Crippen molar-refractivity contribution in [3.63, 3.8) is 0 Å². The second-order valence-corrected chi connectivity index (χ2v) is 5.59. The predicted molar refractivity (Wildman–Crippen MR) is 84.7 cm³/mol. The van der Waals surface area contributed by atoms with Crippen LogP contribution >= 0.6 is 22.9 Å². The first kappa shape index (κ1) is 13.7. The van der Waals surface area contributed by atoms with Crippen LogP contribution in [0.15, 0.2) is 53.9 Å². The molecule has 0 atom stereocenters. The van der Waals surface area contributed by atoms with E-state index in [-0.39, 0.29) is 10.7 Å². The van der Waals surface area contributed by atoms with E-state index in [1.807, 2.05) is 35.7 Å². The van der Waals surface area contributed by atoms with Crippen LogP contribution in [-0.4, -0.2) is 9.91 Å². The molecule has 0 unspecified atom stereocenters. The SMILES string of the molecule is O=[N+]([O-])c1cc(-c2csc(-c3ccccc3)n2)ccc1Cl. The highest BCUT2D eigenvalue weighted by molar-refractivity contribution is 7.13. The van der Waals surface area contributed by atoms with Crippen LogP contribution in [0.2, 0.25) is 5.02 Å². The molecule has 0 radical (unpaired) electrons. The van der Waals surface area contributed by atoms with E-state index in [1.54, 1.807) is 6.07 Å². The minimum Gasteiger partial charge on any atom is -0.258 e. The van der Waals surface area contributed by atoms with E-state index in [1.165, 1.54) is 23.5 Å². The van der Waals surface area contributed by atoms with Crippen LogP contribution in [0.5, 0.6) is 0 Å². The van der Waals surface area contributed by atoms with Crippen molar-refractivity contribution in [3.8, 4) is 21.8 Å². The maximum Gasteiger partial charge on any atom is 0.288 e. The molecule has 0 aliphatic heterocycles. The van der Waals surface area contributed by atoms with Crippen molar-refractivity contribution in [1.82, 2.24) is 4.98 Å². The third-order valence-electron chi connectivity index (χ3n) is 2.96. The Kier molecular flexibility index (Phi) is 3.68. The fraction of sp³-hybridized carbons (Fsp3) is 0. The molecule has 0 saturated carbocycles. The van der Waals surface area contributed by atoms with E-state index in [2.05, 4.69) is 4.98 Å². The average molecular weight is 317 g/mol. The number of aromatic nitrogens is 1. The molecule has 21 heavy (non-hydrogen) atoms. The van der Waals surface area contributed by atoms with Crippen LogP contribution in [-0.2, 0) is 0 Å². The van der Waals surface area contributed by atoms with E-state index in [9.17, 15) is 10.1 Å². The molecule has 0 aliphatic rings. The summed E-state index contributed by atoms with van der Waals surface area (Å²) in [5.41, 5.74) is 2.31. The summed E-state index contributed by atoms with van der Waals surface area (Å²) >= 11 is 7.32. The molecule has 0 N–H and O–H groups in total. The van der Waals surface area contributed by atoms with Gasteiger partial charge in [0.15, 0.2) is 0 Å². The zero-order chi connectivity index (χ0) is 14.8. The second kappa shape index (κ2) is 5.63. The Morgan fingerprint density at radius 1 is 1.10 bits per heavy atom. The number of nitro benzene ring substituents is 1. The summed E-state index contributed by atoms with van der Waals surface area (Å²) in [6.07, 6.45) is 0. The van der Waals surface area contributed by atoms with Crippen molar-refractivity contribution in [2.45, 2.75) is 0 Å². The molecule has 0 aliphatic carbocycles. The summed E-state index contributed by atoms with van der Waals surface area (Å²) in [4.78, 5) is 15.0. The van der Waals surface area contributed by atoms with E-state index in [0.717, 1.165) is 10.6 Å². The van der Waals surface area contributed by atoms with Crippen molar-refractivity contribution >= 4 is 28.6 Å². The van der Waals surface area contributed by atoms with Crippen LogP contribution in [0.25, 0.3) is 21.8 Å². The van der Waals surface area contributed by atoms with Crippen molar-refractivity contribution in [3.05, 3.63) is 69.0 Å². The molecule has 0 fully saturated rings. The molecule has 0 spiro atoms. The largest absolute Gasteiger partial charge is 0.288 e. The highest BCUT2D eigenvalue weighted by Crippen LogP contribution is 2.33. The topological polar surface area (TPSA) is 56.0 Å². The first-order chi connectivity index (χ1) is 10.1. The third-order valence-corrected chi connectivity index (χ3v) is 4.17. The molecular formula is C15H9ClN2O2S. The van der Waals surface area contributed by atoms with Crippen LogP contribution in [0.4, 0.5) is 5.69 Å². The number of nitrogens with zero attached hydrogens (tertiary/aromatic N) is 2. The molecule has 1 heterocycles. The number of hydrogen-bond donors (Lipinski definition) is 0. The molecule has 104 valence electrons. The molecular weight excluding hydrogens is 308 g/mol. The predicted octanol–water partition coefficient (Wildman–Crippen LogP) is 5.04. The van der Waals surface area contributed by atoms with E-state index >= 15 is 0 Å². The van der Waals surface area contributed by atoms with Gasteiger partial charge in [0.05, 0.1) is 10.6 Å². The standard InChI is InChI=1S/C15H9ClN2O2S/c16-12-7-6-11(8-14(12)18(19)20)13-9-21-15(17-13)10-4-2-1-3-5-10/h1-9H. The Morgan fingerprint density at radius 3 is 2.57 bits per heavy atom. The maximum absolute atomic E-state index is 10.9. The fourth-order valence-electron chi connectivity index (χ4n) is 1.93. The van der Waals surface area contributed by atoms with Gasteiger partial charge in [0.2, 0.25) is 0 Å². The number of rotatable bonds is 3. The Morgan fingerprint density at radius 2 is 1.86 bits per heavy atom. The fourth-order valence-corrected chi connectivity index (χ4v) is 2.95. The molecule has 0 amide bonds. The van der Waals surface area contributed by atoms with Crippen LogP contribution < -0.4 is 0 Å². The highest BCUT2D eigenvalue weighted by atomic mass is 35.5. The Bertz CT molecular complexity index is 802. The summed E-state index contributed by atoms with van der Waals surface area (Å²) < 4.78 is 0. The minimum atomic E-state index is -0.490. The van der Waals surface area contributed by atoms with Gasteiger partial charge in [-0.15, -0.1) is 11.3 Å². The van der Waals surface area contributed by atoms with Gasteiger partial charge in [-0.3, -0.25) is 10.1 Å². The lowest BCUT2D eigenvalue weighted by Crippen LogP contribution is -1.90. The summed E-state index contributed by atoms with van der Waals surface area (Å²) in [5.74, 6) is 0. The summed E-state index contributed by atoms with van der Waals surface area (Å²) in [6, 6.07) is 14.5. The third kappa shape index (κ3) is 2.79. The van der Waals surface area contributed by atoms with Gasteiger partial charge in [-0.05, 0) is 6.07 Å². The van der Waals surface area contributed by atoms with E-state index in [0.29, 0.717) is 11.3 Å². The van der Waals surface area contributed by atoms with Gasteiger partial charge in [-0.25, -0.2) is 4.98 Å². The molecule has 0 bridgehead atoms. The zero-order valence-corrected chi connectivity index (χ0v) is 12.3. The number of hydrogen-bond acceptors (Lipinski definition) is 4. The van der Waals surface area contributed by atoms with Gasteiger partial charge in [0.1, 0.15) is 10.0 Å². The normalized spacial score (nSPS) is 10.5. The number of halogens is 1. The van der Waals surface area contributed by atoms with Gasteiger partial charge >= 0.3 is 0 Å². The first-order valence-corrected chi connectivity index (χ1v) is 7.36. The van der Waals surface area contributed by atoms with Gasteiger partial charge in [0.25, 0.3) is 5.69 Å². The molecule has 3 aromatic rings. The van der Waals surface area contributed by atoms with Gasteiger partial charge in [-0.1, -0.05) is 48.0 Å². The zero-order valence-electron chi connectivity index (χ0n) is 10.7. The Hall–Kier alpha value is -2.24.